The zero-order valence-corrected chi connectivity index (χ0v) is 14.3. The van der Waals surface area contributed by atoms with E-state index in [-0.39, 0.29) is 29.8 Å². The molecule has 2 heterocycles. The Bertz CT molecular complexity index is 865. The molecule has 0 aromatic carbocycles. The molecule has 0 saturated carbocycles. The number of nitrogens with zero attached hydrogens (tertiary/aromatic N) is 3. The molecule has 0 bridgehead atoms. The standard InChI is InChI=1S/C16H20N6O3/c1-5-6-17-14(24)15(25)19-12-7-10(4)21-22(12)16-18-11(9(2)3)8-13(23)20-16/h5,7-9H,1,6H2,2-4H3,(H,17,24)(H,19,25)(H,18,20,23). The highest BCUT2D eigenvalue weighted by molar-refractivity contribution is 6.39. The molecule has 3 N–H and O–H groups in total. The highest BCUT2D eigenvalue weighted by atomic mass is 16.2. The van der Waals surface area contributed by atoms with Crippen molar-refractivity contribution in [1.29, 1.82) is 0 Å². The number of aromatic nitrogens is 4. The van der Waals surface area contributed by atoms with E-state index in [1.807, 2.05) is 13.8 Å². The van der Waals surface area contributed by atoms with E-state index in [0.29, 0.717) is 11.4 Å². The van der Waals surface area contributed by atoms with Crippen LogP contribution in [0.2, 0.25) is 0 Å². The molecule has 0 aliphatic rings. The first-order valence-electron chi connectivity index (χ1n) is 7.70. The maximum atomic E-state index is 12.0. The van der Waals surface area contributed by atoms with Gasteiger partial charge in [0.25, 0.3) is 5.56 Å². The SMILES string of the molecule is C=CCNC(=O)C(=O)Nc1cc(C)nn1-c1nc(C(C)C)cc(=O)[nH]1. The van der Waals surface area contributed by atoms with E-state index in [2.05, 4.69) is 32.3 Å². The monoisotopic (exact) mass is 344 g/mol. The maximum Gasteiger partial charge on any atom is 0.314 e. The Hall–Kier alpha value is -3.23. The van der Waals surface area contributed by atoms with Crippen LogP contribution in [-0.2, 0) is 9.59 Å². The summed E-state index contributed by atoms with van der Waals surface area (Å²) in [6, 6.07) is 2.98. The number of anilines is 1. The molecule has 25 heavy (non-hydrogen) atoms. The molecule has 0 aliphatic heterocycles. The number of rotatable bonds is 5. The van der Waals surface area contributed by atoms with Crippen LogP contribution >= 0.6 is 0 Å². The van der Waals surface area contributed by atoms with Crippen molar-refractivity contribution in [2.24, 2.45) is 0 Å². The molecule has 0 saturated heterocycles. The Morgan fingerprint density at radius 2 is 2.08 bits per heavy atom. The van der Waals surface area contributed by atoms with Crippen LogP contribution in [0.25, 0.3) is 5.95 Å². The molecule has 0 atom stereocenters. The molecule has 0 unspecified atom stereocenters. The third-order valence-corrected chi connectivity index (χ3v) is 3.23. The lowest BCUT2D eigenvalue weighted by Crippen LogP contribution is -2.36. The summed E-state index contributed by atoms with van der Waals surface area (Å²) in [5.41, 5.74) is 0.843. The van der Waals surface area contributed by atoms with Gasteiger partial charge in [0, 0.05) is 18.7 Å². The molecule has 9 nitrogen and oxygen atoms in total. The third kappa shape index (κ3) is 4.40. The maximum absolute atomic E-state index is 12.0. The molecule has 2 aromatic heterocycles. The fraction of sp³-hybridized carbons (Fsp3) is 0.312. The van der Waals surface area contributed by atoms with E-state index in [4.69, 9.17) is 0 Å². The Kier molecular flexibility index (Phi) is 5.48. The summed E-state index contributed by atoms with van der Waals surface area (Å²) < 4.78 is 1.28. The fourth-order valence-electron chi connectivity index (χ4n) is 2.03. The van der Waals surface area contributed by atoms with Gasteiger partial charge in [-0.25, -0.2) is 4.98 Å². The summed E-state index contributed by atoms with van der Waals surface area (Å²) in [6.07, 6.45) is 1.46. The minimum atomic E-state index is -0.856. The van der Waals surface area contributed by atoms with E-state index >= 15 is 0 Å². The average Bonchev–Trinajstić information content (AvgIpc) is 2.92. The van der Waals surface area contributed by atoms with Crippen molar-refractivity contribution in [2.75, 3.05) is 11.9 Å². The van der Waals surface area contributed by atoms with Crippen molar-refractivity contribution in [1.82, 2.24) is 25.1 Å². The number of carbonyl (C=O) groups is 2. The highest BCUT2D eigenvalue weighted by Crippen LogP contribution is 2.16. The first kappa shape index (κ1) is 18.1. The molecule has 0 spiro atoms. The second kappa shape index (κ2) is 7.56. The number of H-pyrrole nitrogens is 1. The van der Waals surface area contributed by atoms with Gasteiger partial charge in [0.1, 0.15) is 5.82 Å². The van der Waals surface area contributed by atoms with Crippen LogP contribution in [0, 0.1) is 6.92 Å². The van der Waals surface area contributed by atoms with Crippen molar-refractivity contribution in [3.63, 3.8) is 0 Å². The van der Waals surface area contributed by atoms with Gasteiger partial charge in [-0.3, -0.25) is 19.4 Å². The van der Waals surface area contributed by atoms with Gasteiger partial charge in [0.15, 0.2) is 0 Å². The topological polar surface area (TPSA) is 122 Å². The lowest BCUT2D eigenvalue weighted by molar-refractivity contribution is -0.136. The van der Waals surface area contributed by atoms with Gasteiger partial charge in [-0.15, -0.1) is 6.58 Å². The normalized spacial score (nSPS) is 10.6. The predicted molar refractivity (Wildman–Crippen MR) is 92.6 cm³/mol. The van der Waals surface area contributed by atoms with Crippen molar-refractivity contribution in [3.8, 4) is 5.95 Å². The number of aromatic amines is 1. The number of amides is 2. The molecule has 2 amide bonds. The van der Waals surface area contributed by atoms with Crippen LogP contribution in [0.3, 0.4) is 0 Å². The first-order valence-corrected chi connectivity index (χ1v) is 7.70. The molecule has 0 radical (unpaired) electrons. The van der Waals surface area contributed by atoms with Gasteiger partial charge < -0.3 is 10.6 Å². The van der Waals surface area contributed by atoms with Crippen molar-refractivity contribution in [3.05, 3.63) is 46.5 Å². The summed E-state index contributed by atoms with van der Waals surface area (Å²) in [7, 11) is 0. The second-order valence-electron chi connectivity index (χ2n) is 5.68. The smallest absolute Gasteiger partial charge is 0.314 e. The summed E-state index contributed by atoms with van der Waals surface area (Å²) >= 11 is 0. The van der Waals surface area contributed by atoms with E-state index in [1.54, 1.807) is 13.0 Å². The number of hydrogen-bond donors (Lipinski definition) is 3. The van der Waals surface area contributed by atoms with Crippen molar-refractivity contribution >= 4 is 17.6 Å². The summed E-state index contributed by atoms with van der Waals surface area (Å²) in [5, 5.41) is 9.06. The van der Waals surface area contributed by atoms with Gasteiger partial charge in [-0.05, 0) is 12.8 Å². The quantitative estimate of drug-likeness (QED) is 0.542. The Balaban J connectivity index is 2.35. The van der Waals surface area contributed by atoms with Gasteiger partial charge in [0.2, 0.25) is 5.95 Å². The second-order valence-corrected chi connectivity index (χ2v) is 5.68. The summed E-state index contributed by atoms with van der Waals surface area (Å²) in [4.78, 5) is 42.4. The van der Waals surface area contributed by atoms with Gasteiger partial charge in [0.05, 0.1) is 11.4 Å². The van der Waals surface area contributed by atoms with Crippen molar-refractivity contribution < 1.29 is 9.59 Å². The molecule has 2 aromatic rings. The zero-order chi connectivity index (χ0) is 18.6. The van der Waals surface area contributed by atoms with Gasteiger partial charge in [-0.2, -0.15) is 9.78 Å². The number of nitrogens with one attached hydrogen (secondary N) is 3. The number of aryl methyl sites for hydroxylation is 1. The summed E-state index contributed by atoms with van der Waals surface area (Å²) in [6.45, 7) is 9.17. The molecule has 2 rings (SSSR count). The number of carbonyl (C=O) groups excluding carboxylic acids is 2. The van der Waals surface area contributed by atoms with Crippen LogP contribution in [0.1, 0.15) is 31.2 Å². The Morgan fingerprint density at radius 1 is 1.36 bits per heavy atom. The van der Waals surface area contributed by atoms with Crippen LogP contribution in [-0.4, -0.2) is 38.1 Å². The third-order valence-electron chi connectivity index (χ3n) is 3.23. The zero-order valence-electron chi connectivity index (χ0n) is 14.3. The molecular formula is C16H20N6O3. The van der Waals surface area contributed by atoms with E-state index in [0.717, 1.165) is 0 Å². The highest BCUT2D eigenvalue weighted by Gasteiger charge is 2.18. The molecule has 132 valence electrons. The fourth-order valence-corrected chi connectivity index (χ4v) is 2.03. The van der Waals surface area contributed by atoms with E-state index in [9.17, 15) is 14.4 Å². The first-order chi connectivity index (χ1) is 11.8. The Labute approximate surface area is 144 Å². The van der Waals surface area contributed by atoms with E-state index < -0.39 is 11.8 Å². The van der Waals surface area contributed by atoms with Crippen LogP contribution < -0.4 is 16.2 Å². The average molecular weight is 344 g/mol. The minimum absolute atomic E-state index is 0.0421. The molecule has 0 fully saturated rings. The van der Waals surface area contributed by atoms with Crippen LogP contribution in [0.4, 0.5) is 5.82 Å². The summed E-state index contributed by atoms with van der Waals surface area (Å²) in [5.74, 6) is -1.24. The van der Waals surface area contributed by atoms with Gasteiger partial charge >= 0.3 is 11.8 Å². The van der Waals surface area contributed by atoms with Crippen LogP contribution in [0.15, 0.2) is 29.6 Å². The predicted octanol–water partition coefficient (Wildman–Crippen LogP) is 0.628. The largest absolute Gasteiger partial charge is 0.344 e. The number of hydrogen-bond acceptors (Lipinski definition) is 5. The van der Waals surface area contributed by atoms with Gasteiger partial charge in [-0.1, -0.05) is 19.9 Å². The molecular weight excluding hydrogens is 324 g/mol. The Morgan fingerprint density at radius 3 is 2.72 bits per heavy atom. The lowest BCUT2D eigenvalue weighted by atomic mass is 10.1. The molecule has 0 aliphatic carbocycles. The van der Waals surface area contributed by atoms with Crippen LogP contribution in [0.5, 0.6) is 0 Å². The minimum Gasteiger partial charge on any atom is -0.344 e. The van der Waals surface area contributed by atoms with Crippen molar-refractivity contribution in [2.45, 2.75) is 26.7 Å². The van der Waals surface area contributed by atoms with E-state index in [1.165, 1.54) is 16.8 Å². The molecule has 9 heteroatoms. The lowest BCUT2D eigenvalue weighted by Gasteiger charge is -2.10.